The summed E-state index contributed by atoms with van der Waals surface area (Å²) in [6.07, 6.45) is -1.06. The van der Waals surface area contributed by atoms with E-state index in [4.69, 9.17) is 24.7 Å². The molecule has 8 aromatic rings. The third kappa shape index (κ3) is 13.1. The van der Waals surface area contributed by atoms with Crippen LogP contribution in [0.2, 0.25) is 0 Å². The summed E-state index contributed by atoms with van der Waals surface area (Å²) in [5.41, 5.74) is 2.79. The van der Waals surface area contributed by atoms with Gasteiger partial charge in [-0.25, -0.2) is 34.9 Å². The molecule has 8 N–H and O–H groups in total. The molecular formula is C51H51N13O9S6. The van der Waals surface area contributed by atoms with Gasteiger partial charge in [0.05, 0.1) is 42.2 Å². The standard InChI is InChI=1S/C51H51N13O9S6/c1-23(2)37-51-64-40(32(79-51)18-73-5)44(71)53-17-36(68)61-41(42(69)25-10-7-6-8-11-25)50-58-31(21-76-50)48-56-29(19-75-48)39-26(13-14-27(54-39)47-60-33(22-77-47)59-34(66)12-9-15-65)46-57-30(20-74-46)43(70)55-28(16-35(67)52-4)49-63-38(24(3)78-49)45(72)62-37/h6-8,10-11,13-14,19-23,28,37,41-42,65,69H,9,12,15-18H2,1-5H3,(H,52,67)(H,53,71)(H,55,70)(H,59,66)(H,61,68)(H,62,72)/t28-,37-,41-,42-/m0/s1. The molecular weight excluding hydrogens is 1130 g/mol. The molecule has 410 valence electrons. The molecule has 0 saturated carbocycles. The SMILES string of the molecule is CNC(=O)C[C@@H]1NC(=O)c2csc(n2)-c2ccc(-c3nc(NC(=O)CCCO)cs3)nc2-c2csc(n2)-c2csc(n2)[C@H]([C@@H](O)c2ccccc2)NC(=O)CNC(=O)c2nc(sc2COC)[C@H](C(C)C)NC(=O)c2nc1sc2C. The maximum atomic E-state index is 14.2. The fraction of sp³-hybridized carbons (Fsp3) is 0.314. The van der Waals surface area contributed by atoms with E-state index < -0.39 is 60.3 Å². The molecule has 0 radical (unpaired) electrons. The largest absolute Gasteiger partial charge is 0.396 e. The number of amides is 6. The summed E-state index contributed by atoms with van der Waals surface area (Å²) < 4.78 is 5.44. The van der Waals surface area contributed by atoms with Gasteiger partial charge >= 0.3 is 0 Å². The highest BCUT2D eigenvalue weighted by molar-refractivity contribution is 7.15. The number of methoxy groups -OCH3 is 1. The molecule has 6 amide bonds. The number of benzene rings is 1. The number of aromatic nitrogens is 7. The van der Waals surface area contributed by atoms with Gasteiger partial charge < -0.3 is 46.9 Å². The van der Waals surface area contributed by atoms with Crippen LogP contribution in [0, 0.1) is 12.8 Å². The van der Waals surface area contributed by atoms with Crippen LogP contribution in [0.5, 0.6) is 0 Å². The fourth-order valence-corrected chi connectivity index (χ4v) is 13.6. The summed E-state index contributed by atoms with van der Waals surface area (Å²) in [5, 5.41) is 47.1. The van der Waals surface area contributed by atoms with Crippen molar-refractivity contribution in [2.75, 3.05) is 32.6 Å². The first-order chi connectivity index (χ1) is 38.1. The minimum absolute atomic E-state index is 0.00141. The van der Waals surface area contributed by atoms with Gasteiger partial charge in [0.25, 0.3) is 17.7 Å². The number of pyridine rings is 1. The van der Waals surface area contributed by atoms with Crippen molar-refractivity contribution in [2.45, 2.75) is 70.9 Å². The Morgan fingerprint density at radius 2 is 1.43 bits per heavy atom. The zero-order valence-corrected chi connectivity index (χ0v) is 47.7. The topological polar surface area (TPSA) is 315 Å². The van der Waals surface area contributed by atoms with Gasteiger partial charge in [-0.15, -0.1) is 68.0 Å². The van der Waals surface area contributed by atoms with Gasteiger partial charge in [-0.05, 0) is 37.0 Å². The predicted molar refractivity (Wildman–Crippen MR) is 302 cm³/mol. The lowest BCUT2D eigenvalue weighted by Gasteiger charge is -2.23. The number of hydrogen-bond acceptors (Lipinski definition) is 22. The zero-order valence-electron chi connectivity index (χ0n) is 42.8. The van der Waals surface area contributed by atoms with Crippen molar-refractivity contribution in [3.63, 3.8) is 0 Å². The first-order valence-electron chi connectivity index (χ1n) is 24.4. The maximum Gasteiger partial charge on any atom is 0.271 e. The average Bonchev–Trinajstić information content (AvgIpc) is 4.35. The van der Waals surface area contributed by atoms with Gasteiger partial charge in [0.1, 0.15) is 82.2 Å². The van der Waals surface area contributed by atoms with Crippen LogP contribution in [-0.2, 0) is 25.7 Å². The summed E-state index contributed by atoms with van der Waals surface area (Å²) in [4.78, 5) is 116. The van der Waals surface area contributed by atoms with Crippen molar-refractivity contribution >= 4 is 109 Å². The number of rotatable bonds is 12. The Kier molecular flexibility index (Phi) is 18.1. The Morgan fingerprint density at radius 3 is 2.19 bits per heavy atom. The minimum Gasteiger partial charge on any atom is -0.396 e. The summed E-state index contributed by atoms with van der Waals surface area (Å²) in [6.45, 7) is 4.85. The van der Waals surface area contributed by atoms with Crippen molar-refractivity contribution in [1.29, 1.82) is 0 Å². The van der Waals surface area contributed by atoms with Crippen LogP contribution in [0.1, 0.15) is 119 Å². The molecule has 1 aliphatic heterocycles. The van der Waals surface area contributed by atoms with Crippen molar-refractivity contribution in [1.82, 2.24) is 61.5 Å². The Bertz CT molecular complexity index is 3530. The van der Waals surface area contributed by atoms with E-state index in [1.165, 1.54) is 70.8 Å². The van der Waals surface area contributed by atoms with Crippen LogP contribution in [0.15, 0.2) is 64.0 Å². The summed E-state index contributed by atoms with van der Waals surface area (Å²) in [6, 6.07) is 9.54. The molecule has 9 rings (SSSR count). The number of aryl methyl sites for hydroxylation is 1. The number of ether oxygens (including phenoxy) is 1. The second kappa shape index (κ2) is 25.3. The van der Waals surface area contributed by atoms with Gasteiger partial charge in [-0.3, -0.25) is 28.8 Å². The Hall–Kier alpha value is -7.15. The summed E-state index contributed by atoms with van der Waals surface area (Å²) in [7, 11) is 2.94. The average molecular weight is 1180 g/mol. The molecule has 0 spiro atoms. The number of nitrogens with zero attached hydrogens (tertiary/aromatic N) is 7. The number of hydrogen-bond donors (Lipinski definition) is 8. The van der Waals surface area contributed by atoms with Crippen molar-refractivity contribution in [3.05, 3.63) is 111 Å². The predicted octanol–water partition coefficient (Wildman–Crippen LogP) is 7.02. The van der Waals surface area contributed by atoms with Crippen LogP contribution < -0.4 is 31.9 Å². The van der Waals surface area contributed by atoms with Crippen LogP contribution in [0.3, 0.4) is 0 Å². The van der Waals surface area contributed by atoms with E-state index in [1.807, 2.05) is 13.8 Å². The summed E-state index contributed by atoms with van der Waals surface area (Å²) in [5.74, 6) is -3.08. The van der Waals surface area contributed by atoms with Crippen LogP contribution >= 0.6 is 68.0 Å². The fourth-order valence-electron chi connectivity index (χ4n) is 8.09. The normalized spacial score (nSPS) is 16.6. The second-order valence-electron chi connectivity index (χ2n) is 18.0. The number of nitrogens with one attached hydrogen (secondary N) is 6. The zero-order chi connectivity index (χ0) is 55.9. The molecule has 10 bridgehead atoms. The first kappa shape index (κ1) is 56.6. The van der Waals surface area contributed by atoms with Crippen molar-refractivity contribution in [3.8, 4) is 43.4 Å². The van der Waals surface area contributed by atoms with E-state index in [2.05, 4.69) is 46.9 Å². The third-order valence-electron chi connectivity index (χ3n) is 12.1. The molecule has 1 aliphatic rings. The molecule has 4 atom stereocenters. The monoisotopic (exact) mass is 1180 g/mol. The Labute approximate surface area is 475 Å². The summed E-state index contributed by atoms with van der Waals surface area (Å²) >= 11 is 7.22. The number of thiazole rings is 6. The van der Waals surface area contributed by atoms with E-state index in [0.29, 0.717) is 85.9 Å². The third-order valence-corrected chi connectivity index (χ3v) is 17.8. The number of carbonyl (C=O) groups is 6. The van der Waals surface area contributed by atoms with Gasteiger partial charge in [0, 0.05) is 59.1 Å². The van der Waals surface area contributed by atoms with Gasteiger partial charge in [0.2, 0.25) is 17.7 Å². The van der Waals surface area contributed by atoms with Crippen LogP contribution in [-0.4, -0.2) is 108 Å². The Morgan fingerprint density at radius 1 is 0.709 bits per heavy atom. The number of anilines is 1. The highest BCUT2D eigenvalue weighted by Crippen LogP contribution is 2.40. The quantitative estimate of drug-likeness (QED) is 0.0609. The molecule has 8 heterocycles. The van der Waals surface area contributed by atoms with Gasteiger partial charge in [-0.2, -0.15) is 0 Å². The molecule has 28 heteroatoms. The highest BCUT2D eigenvalue weighted by Gasteiger charge is 2.33. The van der Waals surface area contributed by atoms with E-state index in [1.54, 1.807) is 70.9 Å². The minimum atomic E-state index is -1.27. The van der Waals surface area contributed by atoms with Crippen LogP contribution in [0.4, 0.5) is 5.82 Å². The lowest BCUT2D eigenvalue weighted by Crippen LogP contribution is -2.40. The van der Waals surface area contributed by atoms with E-state index in [0.717, 1.165) is 11.3 Å². The number of aliphatic hydroxyl groups is 2. The van der Waals surface area contributed by atoms with Gasteiger partial charge in [-0.1, -0.05) is 44.2 Å². The lowest BCUT2D eigenvalue weighted by molar-refractivity contribution is -0.122. The first-order valence-corrected chi connectivity index (χ1v) is 29.6. The Balaban J connectivity index is 1.13. The number of fused-ring (bicyclic) bond motifs is 14. The molecule has 0 fully saturated rings. The molecule has 0 aliphatic carbocycles. The molecule has 7 aromatic heterocycles. The van der Waals surface area contributed by atoms with Crippen molar-refractivity contribution < 1.29 is 43.7 Å². The molecule has 22 nitrogen and oxygen atoms in total. The van der Waals surface area contributed by atoms with Crippen LogP contribution in [0.25, 0.3) is 43.4 Å². The van der Waals surface area contributed by atoms with Gasteiger partial charge in [0.15, 0.2) is 0 Å². The number of carbonyl (C=O) groups excluding carboxylic acids is 6. The van der Waals surface area contributed by atoms with Crippen molar-refractivity contribution in [2.24, 2.45) is 5.92 Å². The van der Waals surface area contributed by atoms with E-state index >= 15 is 0 Å². The molecule has 0 unspecified atom stereocenters. The lowest BCUT2D eigenvalue weighted by atomic mass is 10.0. The highest BCUT2D eigenvalue weighted by atomic mass is 32.1. The molecule has 79 heavy (non-hydrogen) atoms. The molecule has 1 aromatic carbocycles. The van der Waals surface area contributed by atoms with E-state index in [9.17, 15) is 39.0 Å². The second-order valence-corrected chi connectivity index (χ2v) is 23.9. The smallest absolute Gasteiger partial charge is 0.271 e. The number of aliphatic hydroxyl groups excluding tert-OH is 2. The van der Waals surface area contributed by atoms with E-state index in [-0.39, 0.29) is 55.0 Å². The molecule has 0 saturated heterocycles. The maximum absolute atomic E-state index is 14.2.